The van der Waals surface area contributed by atoms with Gasteiger partial charge in [-0.25, -0.2) is 4.98 Å². The second-order valence-electron chi connectivity index (χ2n) is 7.12. The first-order valence-electron chi connectivity index (χ1n) is 9.23. The first-order chi connectivity index (χ1) is 14.4. The highest BCUT2D eigenvalue weighted by Crippen LogP contribution is 2.34. The highest BCUT2D eigenvalue weighted by Gasteiger charge is 2.45. The number of halogens is 2. The Morgan fingerprint density at radius 1 is 1.23 bits per heavy atom. The van der Waals surface area contributed by atoms with E-state index in [0.29, 0.717) is 39.6 Å². The summed E-state index contributed by atoms with van der Waals surface area (Å²) in [5.41, 5.74) is 0.391. The summed E-state index contributed by atoms with van der Waals surface area (Å²) >= 11 is 12.1. The van der Waals surface area contributed by atoms with Crippen LogP contribution in [0.25, 0.3) is 11.1 Å². The Morgan fingerprint density at radius 3 is 2.67 bits per heavy atom. The molecule has 1 atom stereocenters. The summed E-state index contributed by atoms with van der Waals surface area (Å²) in [5.74, 6) is -0.724. The van der Waals surface area contributed by atoms with E-state index in [4.69, 9.17) is 27.6 Å². The summed E-state index contributed by atoms with van der Waals surface area (Å²) < 4.78 is 5.70. The van der Waals surface area contributed by atoms with Gasteiger partial charge in [0.25, 0.3) is 5.91 Å². The average molecular weight is 443 g/mol. The molecule has 30 heavy (non-hydrogen) atoms. The smallest absolute Gasteiger partial charge is 0.251 e. The Labute approximate surface area is 182 Å². The minimum atomic E-state index is -1.01. The molecule has 7 nitrogen and oxygen atoms in total. The fraction of sp³-hybridized carbons (Fsp3) is 0.238. The molecule has 0 aliphatic heterocycles. The number of hydrogen-bond acceptors (Lipinski definition) is 5. The normalized spacial score (nSPS) is 15.2. The molecule has 1 aromatic heterocycles. The number of carbonyl (C=O) groups excluding carboxylic acids is 2. The minimum absolute atomic E-state index is 0.00927. The van der Waals surface area contributed by atoms with Gasteiger partial charge in [0.1, 0.15) is 17.1 Å². The number of nitrogens with one attached hydrogen (secondary N) is 2. The molecule has 0 radical (unpaired) electrons. The van der Waals surface area contributed by atoms with E-state index >= 15 is 0 Å². The number of nitriles is 1. The maximum absolute atomic E-state index is 12.9. The molecular weight excluding hydrogens is 427 g/mol. The van der Waals surface area contributed by atoms with Crippen molar-refractivity contribution in [3.63, 3.8) is 0 Å². The minimum Gasteiger partial charge on any atom is -0.441 e. The van der Waals surface area contributed by atoms with E-state index in [9.17, 15) is 14.9 Å². The number of aromatic nitrogens is 1. The largest absolute Gasteiger partial charge is 0.441 e. The molecule has 3 aromatic rings. The lowest BCUT2D eigenvalue weighted by Gasteiger charge is -2.19. The van der Waals surface area contributed by atoms with Crippen molar-refractivity contribution < 1.29 is 14.0 Å². The molecule has 0 spiro atoms. The van der Waals surface area contributed by atoms with E-state index in [0.717, 1.165) is 0 Å². The van der Waals surface area contributed by atoms with Gasteiger partial charge in [0.2, 0.25) is 5.91 Å². The number of benzene rings is 2. The Hall–Kier alpha value is -3.08. The average Bonchev–Trinajstić information content (AvgIpc) is 3.37. The van der Waals surface area contributed by atoms with Crippen molar-refractivity contribution in [1.82, 2.24) is 15.6 Å². The summed E-state index contributed by atoms with van der Waals surface area (Å²) in [4.78, 5) is 29.9. The Bertz CT molecular complexity index is 1180. The van der Waals surface area contributed by atoms with Crippen LogP contribution in [0.1, 0.15) is 29.1 Å². The fourth-order valence-electron chi connectivity index (χ4n) is 3.02. The standard InChI is InChI=1S/C21H16Cl2N4O3/c22-13-4-1-3-12(9-13)19(28)25-15(20(29)27-21(11-24)7-8-21)10-17-26-18-14(23)5-2-6-16(18)30-17/h1-6,9,15H,7-8,10H2,(H,25,28)(H,27,29)/t15-/m0/s1. The number of para-hydroxylation sites is 1. The van der Waals surface area contributed by atoms with Gasteiger partial charge in [-0.15, -0.1) is 0 Å². The van der Waals surface area contributed by atoms with Crippen LogP contribution in [-0.4, -0.2) is 28.4 Å². The van der Waals surface area contributed by atoms with Gasteiger partial charge in [0.05, 0.1) is 17.5 Å². The van der Waals surface area contributed by atoms with Crippen LogP contribution in [0.15, 0.2) is 46.9 Å². The van der Waals surface area contributed by atoms with E-state index in [-0.39, 0.29) is 12.3 Å². The molecule has 2 aromatic carbocycles. The number of nitrogens with zero attached hydrogens (tertiary/aromatic N) is 2. The van der Waals surface area contributed by atoms with Crippen molar-refractivity contribution in [2.24, 2.45) is 0 Å². The van der Waals surface area contributed by atoms with Gasteiger partial charge in [-0.3, -0.25) is 9.59 Å². The molecule has 2 amide bonds. The van der Waals surface area contributed by atoms with Crippen LogP contribution in [-0.2, 0) is 11.2 Å². The zero-order valence-electron chi connectivity index (χ0n) is 15.6. The van der Waals surface area contributed by atoms with Crippen molar-refractivity contribution in [2.45, 2.75) is 30.8 Å². The van der Waals surface area contributed by atoms with Gasteiger partial charge >= 0.3 is 0 Å². The van der Waals surface area contributed by atoms with Crippen LogP contribution in [0.2, 0.25) is 10.0 Å². The van der Waals surface area contributed by atoms with Crippen molar-refractivity contribution in [3.8, 4) is 6.07 Å². The maximum atomic E-state index is 12.9. The first kappa shape index (κ1) is 20.2. The zero-order valence-corrected chi connectivity index (χ0v) is 17.1. The van der Waals surface area contributed by atoms with Gasteiger partial charge in [-0.1, -0.05) is 35.3 Å². The predicted molar refractivity (Wildman–Crippen MR) is 111 cm³/mol. The first-order valence-corrected chi connectivity index (χ1v) is 9.98. The number of fused-ring (bicyclic) bond motifs is 1. The van der Waals surface area contributed by atoms with Gasteiger partial charge in [-0.2, -0.15) is 5.26 Å². The highest BCUT2D eigenvalue weighted by atomic mass is 35.5. The van der Waals surface area contributed by atoms with Crippen LogP contribution < -0.4 is 10.6 Å². The topological polar surface area (TPSA) is 108 Å². The predicted octanol–water partition coefficient (Wildman–Crippen LogP) is 3.65. The Morgan fingerprint density at radius 2 is 2.00 bits per heavy atom. The number of carbonyl (C=O) groups is 2. The summed E-state index contributed by atoms with van der Waals surface area (Å²) in [6.07, 6.45) is 1.13. The SMILES string of the molecule is N#CC1(NC(=O)[C@H](Cc2nc3c(Cl)cccc3o2)NC(=O)c2cccc(Cl)c2)CC1. The summed E-state index contributed by atoms with van der Waals surface area (Å²) in [6, 6.07) is 12.6. The second kappa shape index (κ2) is 7.98. The summed E-state index contributed by atoms with van der Waals surface area (Å²) in [7, 11) is 0. The maximum Gasteiger partial charge on any atom is 0.251 e. The summed E-state index contributed by atoms with van der Waals surface area (Å²) in [6.45, 7) is 0. The molecule has 9 heteroatoms. The van der Waals surface area contributed by atoms with Crippen LogP contribution >= 0.6 is 23.2 Å². The third kappa shape index (κ3) is 4.25. The van der Waals surface area contributed by atoms with Crippen LogP contribution in [0.4, 0.5) is 0 Å². The van der Waals surface area contributed by atoms with E-state index in [1.807, 2.05) is 0 Å². The Balaban J connectivity index is 1.59. The summed E-state index contributed by atoms with van der Waals surface area (Å²) in [5, 5.41) is 15.5. The molecule has 1 aliphatic carbocycles. The molecular formula is C21H16Cl2N4O3. The molecule has 4 rings (SSSR count). The van der Waals surface area contributed by atoms with Crippen LogP contribution in [0, 0.1) is 11.3 Å². The van der Waals surface area contributed by atoms with Crippen molar-refractivity contribution >= 4 is 46.1 Å². The molecule has 0 unspecified atom stereocenters. The molecule has 1 saturated carbocycles. The molecule has 1 aliphatic rings. The quantitative estimate of drug-likeness (QED) is 0.605. The lowest BCUT2D eigenvalue weighted by molar-refractivity contribution is -0.123. The van der Waals surface area contributed by atoms with Gasteiger partial charge in [-0.05, 0) is 43.2 Å². The third-order valence-corrected chi connectivity index (χ3v) is 5.37. The number of hydrogen-bond donors (Lipinski definition) is 2. The highest BCUT2D eigenvalue weighted by molar-refractivity contribution is 6.34. The van der Waals surface area contributed by atoms with Crippen LogP contribution in [0.3, 0.4) is 0 Å². The lowest BCUT2D eigenvalue weighted by Crippen LogP contribution is -2.51. The van der Waals surface area contributed by atoms with Crippen molar-refractivity contribution in [1.29, 1.82) is 5.26 Å². The monoisotopic (exact) mass is 442 g/mol. The fourth-order valence-corrected chi connectivity index (χ4v) is 3.41. The van der Waals surface area contributed by atoms with E-state index in [2.05, 4.69) is 21.7 Å². The number of amides is 2. The number of oxazole rings is 1. The molecule has 2 N–H and O–H groups in total. The lowest BCUT2D eigenvalue weighted by atomic mass is 10.1. The Kier molecular flexibility index (Phi) is 5.37. The van der Waals surface area contributed by atoms with Crippen molar-refractivity contribution in [2.75, 3.05) is 0 Å². The molecule has 0 bridgehead atoms. The van der Waals surface area contributed by atoms with Gasteiger partial charge in [0, 0.05) is 10.6 Å². The van der Waals surface area contributed by atoms with E-state index in [1.165, 1.54) is 6.07 Å². The van der Waals surface area contributed by atoms with E-state index in [1.54, 1.807) is 36.4 Å². The van der Waals surface area contributed by atoms with Crippen molar-refractivity contribution in [3.05, 3.63) is 64.0 Å². The van der Waals surface area contributed by atoms with E-state index < -0.39 is 23.4 Å². The third-order valence-electron chi connectivity index (χ3n) is 4.83. The zero-order chi connectivity index (χ0) is 21.3. The van der Waals surface area contributed by atoms with Gasteiger partial charge < -0.3 is 15.1 Å². The second-order valence-corrected chi connectivity index (χ2v) is 7.96. The number of rotatable bonds is 6. The molecule has 0 saturated heterocycles. The molecule has 1 fully saturated rings. The molecule has 152 valence electrons. The van der Waals surface area contributed by atoms with Crippen LogP contribution in [0.5, 0.6) is 0 Å². The molecule has 1 heterocycles. The van der Waals surface area contributed by atoms with Gasteiger partial charge in [0.15, 0.2) is 11.5 Å².